The number of fused-ring (bicyclic) bond motifs is 1. The monoisotopic (exact) mass is 572 g/mol. The van der Waals surface area contributed by atoms with Crippen LogP contribution in [-0.4, -0.2) is 49.0 Å². The predicted octanol–water partition coefficient (Wildman–Crippen LogP) is 3.80. The molecule has 2 atom stereocenters. The molecule has 0 aromatic heterocycles. The Hall–Kier alpha value is -3.80. The molecule has 3 rings (SSSR count). The van der Waals surface area contributed by atoms with Crippen molar-refractivity contribution in [1.29, 1.82) is 0 Å². The minimum absolute atomic E-state index is 0.0409. The highest BCUT2D eigenvalue weighted by molar-refractivity contribution is 7.88. The SMILES string of the molecule is COc1cc2c(cc1OS(=O)(=O)C(F)(F)F)C(NC(C)c1cc([N+](=O)[O-])cc(C(F)(F)F)c1)=NN(C)[C@@H]2O. The normalized spacial score (nSPS) is 16.8. The lowest BCUT2D eigenvalue weighted by molar-refractivity contribution is -0.385. The second-order valence-corrected chi connectivity index (χ2v) is 9.44. The Morgan fingerprint density at radius 1 is 1.13 bits per heavy atom. The van der Waals surface area contributed by atoms with Crippen molar-refractivity contribution in [3.8, 4) is 11.5 Å². The van der Waals surface area contributed by atoms with Gasteiger partial charge < -0.3 is 19.3 Å². The fourth-order valence-electron chi connectivity index (χ4n) is 3.40. The molecule has 0 amide bonds. The Kier molecular flexibility index (Phi) is 7.44. The number of hydrogen-bond donors (Lipinski definition) is 2. The van der Waals surface area contributed by atoms with Crippen LogP contribution in [-0.2, 0) is 16.3 Å². The van der Waals surface area contributed by atoms with Crippen LogP contribution in [0.15, 0.2) is 35.4 Å². The van der Waals surface area contributed by atoms with Crippen molar-refractivity contribution in [1.82, 2.24) is 10.3 Å². The molecule has 0 aliphatic carbocycles. The van der Waals surface area contributed by atoms with E-state index in [0.29, 0.717) is 12.1 Å². The lowest BCUT2D eigenvalue weighted by Crippen LogP contribution is -2.37. The van der Waals surface area contributed by atoms with Crippen LogP contribution in [0.2, 0.25) is 0 Å². The van der Waals surface area contributed by atoms with E-state index in [1.807, 2.05) is 0 Å². The summed E-state index contributed by atoms with van der Waals surface area (Å²) in [5, 5.41) is 29.3. The zero-order valence-electron chi connectivity index (χ0n) is 19.5. The van der Waals surface area contributed by atoms with Gasteiger partial charge in [0.2, 0.25) is 0 Å². The lowest BCUT2D eigenvalue weighted by atomic mass is 10.00. The molecule has 2 N–H and O–H groups in total. The van der Waals surface area contributed by atoms with Gasteiger partial charge >= 0.3 is 21.8 Å². The van der Waals surface area contributed by atoms with Crippen LogP contribution >= 0.6 is 0 Å². The van der Waals surface area contributed by atoms with Gasteiger partial charge in [-0.2, -0.15) is 39.9 Å². The Morgan fingerprint density at radius 3 is 2.29 bits per heavy atom. The summed E-state index contributed by atoms with van der Waals surface area (Å²) in [6.45, 7) is 1.32. The number of aliphatic hydroxyl groups excluding tert-OH is 1. The molecule has 1 unspecified atom stereocenters. The number of non-ortho nitro benzene ring substituents is 1. The number of nitrogens with one attached hydrogen (secondary N) is 1. The van der Waals surface area contributed by atoms with Crippen molar-refractivity contribution in [3.63, 3.8) is 0 Å². The number of methoxy groups -OCH3 is 1. The van der Waals surface area contributed by atoms with Crippen LogP contribution in [0.3, 0.4) is 0 Å². The Balaban J connectivity index is 2.09. The minimum atomic E-state index is -6.13. The number of nitro benzene ring substituents is 1. The van der Waals surface area contributed by atoms with Gasteiger partial charge in [-0.1, -0.05) is 0 Å². The third kappa shape index (κ3) is 5.69. The highest BCUT2D eigenvalue weighted by Crippen LogP contribution is 2.40. The standard InChI is InChI=1S/C20H18F6N4O7S/c1-9(10-4-11(19(21,22)23)6-12(5-10)30(32)33)27-17-13-7-16(37-38(34,35)20(24,25)26)15(36-3)8-14(13)18(31)29(2)28-17/h4-9,18,31H,1-3H3,(H,27,28)/t9?,18-/m1/s1. The highest BCUT2D eigenvalue weighted by atomic mass is 32.2. The lowest BCUT2D eigenvalue weighted by Gasteiger charge is -2.31. The molecule has 0 saturated carbocycles. The highest BCUT2D eigenvalue weighted by Gasteiger charge is 2.49. The smallest absolute Gasteiger partial charge is 0.493 e. The summed E-state index contributed by atoms with van der Waals surface area (Å²) < 4.78 is 111. The largest absolute Gasteiger partial charge is 0.534 e. The first-order valence-electron chi connectivity index (χ1n) is 10.2. The third-order valence-corrected chi connectivity index (χ3v) is 6.26. The summed E-state index contributed by atoms with van der Waals surface area (Å²) in [4.78, 5) is 10.2. The van der Waals surface area contributed by atoms with E-state index in [2.05, 4.69) is 14.6 Å². The molecule has 0 saturated heterocycles. The molecule has 1 heterocycles. The zero-order chi connectivity index (χ0) is 28.8. The molecular weight excluding hydrogens is 554 g/mol. The number of nitrogens with zero attached hydrogens (tertiary/aromatic N) is 3. The molecule has 2 aromatic carbocycles. The number of aliphatic hydroxyl groups is 1. The fraction of sp³-hybridized carbons (Fsp3) is 0.350. The number of hydrazone groups is 1. The maximum atomic E-state index is 13.3. The number of alkyl halides is 6. The molecule has 0 radical (unpaired) electrons. The van der Waals surface area contributed by atoms with Crippen LogP contribution < -0.4 is 14.2 Å². The van der Waals surface area contributed by atoms with E-state index in [1.165, 1.54) is 14.0 Å². The maximum Gasteiger partial charge on any atom is 0.534 e. The van der Waals surface area contributed by atoms with Crippen LogP contribution in [0.5, 0.6) is 11.5 Å². The third-order valence-electron chi connectivity index (χ3n) is 5.30. The van der Waals surface area contributed by atoms with Crippen molar-refractivity contribution in [2.24, 2.45) is 5.10 Å². The van der Waals surface area contributed by atoms with Gasteiger partial charge in [0.25, 0.3) is 5.69 Å². The molecule has 208 valence electrons. The number of amidine groups is 1. The van der Waals surface area contributed by atoms with Gasteiger partial charge in [0, 0.05) is 30.3 Å². The number of ether oxygens (including phenoxy) is 1. The van der Waals surface area contributed by atoms with Crippen LogP contribution in [0.1, 0.15) is 41.4 Å². The summed E-state index contributed by atoms with van der Waals surface area (Å²) in [5.41, 5.74) is -8.35. The number of rotatable bonds is 6. The van der Waals surface area contributed by atoms with E-state index >= 15 is 0 Å². The maximum absolute atomic E-state index is 13.3. The number of nitro groups is 1. The van der Waals surface area contributed by atoms with E-state index in [9.17, 15) is 50.0 Å². The summed E-state index contributed by atoms with van der Waals surface area (Å²) >= 11 is 0. The average molecular weight is 572 g/mol. The van der Waals surface area contributed by atoms with E-state index < -0.39 is 61.7 Å². The molecule has 1 aliphatic heterocycles. The Bertz CT molecular complexity index is 1400. The molecule has 11 nitrogen and oxygen atoms in total. The van der Waals surface area contributed by atoms with Crippen molar-refractivity contribution >= 4 is 21.6 Å². The molecular formula is C20H18F6N4O7S. The molecule has 0 fully saturated rings. The topological polar surface area (TPSA) is 144 Å². The molecule has 2 aromatic rings. The van der Waals surface area contributed by atoms with Crippen molar-refractivity contribution in [3.05, 3.63) is 62.7 Å². The van der Waals surface area contributed by atoms with Crippen molar-refractivity contribution in [2.75, 3.05) is 14.2 Å². The molecule has 0 bridgehead atoms. The first kappa shape index (κ1) is 28.8. The summed E-state index contributed by atoms with van der Waals surface area (Å²) in [5.74, 6) is -1.65. The number of hydrogen-bond acceptors (Lipinski definition) is 10. The van der Waals surface area contributed by atoms with Crippen molar-refractivity contribution < 1.29 is 53.7 Å². The quantitative estimate of drug-likeness (QED) is 0.174. The number of halogens is 6. The van der Waals surface area contributed by atoms with Gasteiger partial charge in [-0.3, -0.25) is 15.1 Å². The van der Waals surface area contributed by atoms with E-state index in [1.54, 1.807) is 0 Å². The summed E-state index contributed by atoms with van der Waals surface area (Å²) in [6.07, 6.45) is -6.41. The van der Waals surface area contributed by atoms with E-state index in [0.717, 1.165) is 30.3 Å². The first-order chi connectivity index (χ1) is 17.4. The van der Waals surface area contributed by atoms with Gasteiger partial charge in [-0.05, 0) is 30.7 Å². The molecule has 1 aliphatic rings. The van der Waals surface area contributed by atoms with Crippen LogP contribution in [0.4, 0.5) is 32.0 Å². The summed E-state index contributed by atoms with van der Waals surface area (Å²) in [6, 6.07) is 2.55. The minimum Gasteiger partial charge on any atom is -0.493 e. The predicted molar refractivity (Wildman–Crippen MR) is 118 cm³/mol. The van der Waals surface area contributed by atoms with Crippen LogP contribution in [0.25, 0.3) is 0 Å². The second kappa shape index (κ2) is 9.82. The van der Waals surface area contributed by atoms with Gasteiger partial charge in [-0.25, -0.2) is 0 Å². The number of benzene rings is 2. The fourth-order valence-corrected chi connectivity index (χ4v) is 3.86. The zero-order valence-corrected chi connectivity index (χ0v) is 20.3. The van der Waals surface area contributed by atoms with E-state index in [-0.39, 0.29) is 22.5 Å². The molecule has 0 spiro atoms. The summed E-state index contributed by atoms with van der Waals surface area (Å²) in [7, 11) is -3.84. The van der Waals surface area contributed by atoms with Crippen molar-refractivity contribution in [2.45, 2.75) is 30.9 Å². The average Bonchev–Trinajstić information content (AvgIpc) is 2.80. The molecule has 38 heavy (non-hydrogen) atoms. The van der Waals surface area contributed by atoms with E-state index in [4.69, 9.17) is 4.74 Å². The van der Waals surface area contributed by atoms with Gasteiger partial charge in [-0.15, -0.1) is 0 Å². The van der Waals surface area contributed by atoms with Gasteiger partial charge in [0.15, 0.2) is 23.6 Å². The van der Waals surface area contributed by atoms with Gasteiger partial charge in [0.1, 0.15) is 0 Å². The van der Waals surface area contributed by atoms with Crippen LogP contribution in [0, 0.1) is 10.1 Å². The Morgan fingerprint density at radius 2 is 1.76 bits per heavy atom. The molecule has 18 heteroatoms. The van der Waals surface area contributed by atoms with Gasteiger partial charge in [0.05, 0.1) is 23.6 Å². The second-order valence-electron chi connectivity index (χ2n) is 7.90. The first-order valence-corrected chi connectivity index (χ1v) is 11.6. The Labute approximate surface area is 210 Å².